The number of aliphatic imine (C=N–C) groups is 1. The number of rotatable bonds is 4. The van der Waals surface area contributed by atoms with Gasteiger partial charge in [-0.25, -0.2) is 14.2 Å². The molecule has 0 radical (unpaired) electrons. The van der Waals surface area contributed by atoms with E-state index in [1.807, 2.05) is 30.3 Å². The van der Waals surface area contributed by atoms with Crippen molar-refractivity contribution >= 4 is 15.7 Å². The summed E-state index contributed by atoms with van der Waals surface area (Å²) in [4.78, 5) is 8.90. The zero-order valence-electron chi connectivity index (χ0n) is 13.8. The summed E-state index contributed by atoms with van der Waals surface area (Å²) in [6, 6.07) is 13.2. The van der Waals surface area contributed by atoms with Crippen LogP contribution in [0, 0.1) is 4.51 Å². The van der Waals surface area contributed by atoms with Gasteiger partial charge in [0.1, 0.15) is 0 Å². The van der Waals surface area contributed by atoms with E-state index < -0.39 is 9.71 Å². The van der Waals surface area contributed by atoms with Gasteiger partial charge in [-0.15, -0.1) is 0 Å². The number of benzene rings is 2. The van der Waals surface area contributed by atoms with E-state index in [-0.39, 0.29) is 0 Å². The predicted molar refractivity (Wildman–Crippen MR) is 94.3 cm³/mol. The first-order valence-electron chi connectivity index (χ1n) is 7.36. The van der Waals surface area contributed by atoms with E-state index in [0.29, 0.717) is 33.9 Å². The summed E-state index contributed by atoms with van der Waals surface area (Å²) < 4.78 is 27.0. The molecule has 24 heavy (non-hydrogen) atoms. The molecule has 6 nitrogen and oxygen atoms in total. The van der Waals surface area contributed by atoms with E-state index in [0.717, 1.165) is 5.56 Å². The van der Waals surface area contributed by atoms with Crippen molar-refractivity contribution in [1.82, 2.24) is 4.72 Å². The number of methoxy groups -OCH3 is 2. The smallest absolute Gasteiger partial charge is 0.230 e. The Labute approximate surface area is 141 Å². The summed E-state index contributed by atoms with van der Waals surface area (Å²) in [6.07, 6.45) is 1.63. The Morgan fingerprint density at radius 3 is 2.46 bits per heavy atom. The molecule has 7 heteroatoms. The number of fused-ring (bicyclic) bond motifs is 1. The molecule has 0 aromatic heterocycles. The third kappa shape index (κ3) is 3.21. The fourth-order valence-electron chi connectivity index (χ4n) is 2.43. The molecule has 2 aromatic carbocycles. The molecule has 126 valence electrons. The maximum Gasteiger partial charge on any atom is 0.230 e. The van der Waals surface area contributed by atoms with Crippen molar-refractivity contribution in [3.63, 3.8) is 0 Å². The lowest BCUT2D eigenvalue weighted by atomic mass is 10.2. The molecule has 0 saturated heterocycles. The van der Waals surface area contributed by atoms with Crippen molar-refractivity contribution < 1.29 is 13.7 Å². The van der Waals surface area contributed by atoms with Crippen LogP contribution in [0.4, 0.5) is 0 Å². The van der Waals surface area contributed by atoms with Crippen LogP contribution in [0.3, 0.4) is 0 Å². The first kappa shape index (κ1) is 16.3. The molecular weight excluding hydrogens is 326 g/mol. The predicted octanol–water partition coefficient (Wildman–Crippen LogP) is 1.56. The van der Waals surface area contributed by atoms with Gasteiger partial charge in [0.05, 0.1) is 40.3 Å². The number of hydrogen-bond acceptors (Lipinski definition) is 4. The maximum absolute atomic E-state index is 13.0. The van der Waals surface area contributed by atoms with Crippen molar-refractivity contribution in [3.05, 3.63) is 57.9 Å². The van der Waals surface area contributed by atoms with Gasteiger partial charge in [0.2, 0.25) is 5.96 Å². The first-order valence-corrected chi connectivity index (χ1v) is 9.33. The Morgan fingerprint density at radius 1 is 1.12 bits per heavy atom. The number of hydrogen-bond donors (Lipinski definition) is 1. The van der Waals surface area contributed by atoms with Crippen LogP contribution in [-0.2, 0) is 16.3 Å². The minimum absolute atomic E-state index is 0.353. The Bertz CT molecular complexity index is 994. The van der Waals surface area contributed by atoms with Crippen LogP contribution in [-0.4, -0.2) is 30.6 Å². The molecule has 1 aliphatic heterocycles. The molecule has 0 aliphatic carbocycles. The Morgan fingerprint density at radius 2 is 1.79 bits per heavy atom. The summed E-state index contributed by atoms with van der Waals surface area (Å²) in [5, 5.41) is 0.575. The number of guanidine groups is 1. The van der Waals surface area contributed by atoms with Crippen molar-refractivity contribution in [3.8, 4) is 11.5 Å². The molecule has 0 fully saturated rings. The fourth-order valence-corrected chi connectivity index (χ4v) is 3.84. The van der Waals surface area contributed by atoms with Crippen LogP contribution in [0.5, 0.6) is 11.5 Å². The lowest BCUT2D eigenvalue weighted by Gasteiger charge is -2.15. The molecule has 3 rings (SSSR count). The van der Waals surface area contributed by atoms with Gasteiger partial charge in [0.15, 0.2) is 11.5 Å². The van der Waals surface area contributed by atoms with E-state index in [9.17, 15) is 4.21 Å². The van der Waals surface area contributed by atoms with Crippen LogP contribution in [0.25, 0.3) is 0 Å². The maximum atomic E-state index is 13.0. The average molecular weight is 345 g/mol. The third-order valence-corrected chi connectivity index (χ3v) is 5.39. The van der Waals surface area contributed by atoms with Crippen LogP contribution >= 0.6 is 0 Å². The van der Waals surface area contributed by atoms with Gasteiger partial charge in [-0.3, -0.25) is 4.72 Å². The molecular formula is C17H19N3O3S. The summed E-state index contributed by atoms with van der Waals surface area (Å²) in [6.45, 7) is 0.463. The van der Waals surface area contributed by atoms with Gasteiger partial charge in [-0.1, -0.05) is 30.3 Å². The van der Waals surface area contributed by atoms with Crippen LogP contribution < -0.4 is 19.6 Å². The second-order valence-corrected chi connectivity index (χ2v) is 7.69. The van der Waals surface area contributed by atoms with Gasteiger partial charge in [-0.05, 0) is 5.56 Å². The average Bonchev–Trinajstić information content (AvgIpc) is 2.59. The molecule has 1 heterocycles. The van der Waals surface area contributed by atoms with Crippen LogP contribution in [0.2, 0.25) is 0 Å². The second-order valence-electron chi connectivity index (χ2n) is 5.36. The zero-order chi connectivity index (χ0) is 17.2. The van der Waals surface area contributed by atoms with Gasteiger partial charge in [-0.2, -0.15) is 0 Å². The van der Waals surface area contributed by atoms with Crippen molar-refractivity contribution in [2.45, 2.75) is 6.54 Å². The topological polar surface area (TPSA) is 72.3 Å². The zero-order valence-corrected chi connectivity index (χ0v) is 14.6. The fraction of sp³-hybridized carbons (Fsp3) is 0.235. The quantitative estimate of drug-likeness (QED) is 0.855. The highest BCUT2D eigenvalue weighted by Gasteiger charge is 2.15. The van der Waals surface area contributed by atoms with Crippen molar-refractivity contribution in [1.29, 1.82) is 0 Å². The van der Waals surface area contributed by atoms with E-state index >= 15 is 0 Å². The van der Waals surface area contributed by atoms with Crippen molar-refractivity contribution in [2.75, 3.05) is 20.5 Å². The largest absolute Gasteiger partial charge is 0.493 e. The molecule has 0 bridgehead atoms. The minimum atomic E-state index is -2.51. The molecule has 1 N–H and O–H groups in total. The molecule has 2 aromatic rings. The molecule has 0 saturated carbocycles. The second kappa shape index (κ2) is 6.52. The van der Waals surface area contributed by atoms with E-state index in [2.05, 4.69) is 14.7 Å². The molecule has 1 atom stereocenters. The summed E-state index contributed by atoms with van der Waals surface area (Å²) in [7, 11) is 0.585. The number of nitrogens with zero attached hydrogens (tertiary/aromatic N) is 2. The van der Waals surface area contributed by atoms with Crippen LogP contribution in [0.1, 0.15) is 5.56 Å². The molecule has 0 amide bonds. The summed E-state index contributed by atoms with van der Waals surface area (Å²) in [5.74, 6) is 1.41. The summed E-state index contributed by atoms with van der Waals surface area (Å²) in [5.41, 5.74) is 1.06. The van der Waals surface area contributed by atoms with Gasteiger partial charge in [0.25, 0.3) is 0 Å². The monoisotopic (exact) mass is 345 g/mol. The normalized spacial score (nSPS) is 20.7. The minimum Gasteiger partial charge on any atom is -0.493 e. The van der Waals surface area contributed by atoms with Gasteiger partial charge in [0, 0.05) is 18.4 Å². The molecule has 1 unspecified atom stereocenters. The molecule has 1 aliphatic rings. The highest BCUT2D eigenvalue weighted by molar-refractivity contribution is 7.93. The van der Waals surface area contributed by atoms with Crippen molar-refractivity contribution in [2.24, 2.45) is 9.98 Å². The van der Waals surface area contributed by atoms with Crippen LogP contribution in [0.15, 0.2) is 52.4 Å². The highest BCUT2D eigenvalue weighted by atomic mass is 32.2. The summed E-state index contributed by atoms with van der Waals surface area (Å²) >= 11 is 0. The van der Waals surface area contributed by atoms with E-state index in [1.54, 1.807) is 32.6 Å². The van der Waals surface area contributed by atoms with Gasteiger partial charge >= 0.3 is 0 Å². The number of nitrogens with one attached hydrogen (secondary N) is 1. The lowest BCUT2D eigenvalue weighted by molar-refractivity contribution is 0.354. The van der Waals surface area contributed by atoms with E-state index in [1.165, 1.54) is 0 Å². The third-order valence-electron chi connectivity index (χ3n) is 3.65. The highest BCUT2D eigenvalue weighted by Crippen LogP contribution is 2.24. The van der Waals surface area contributed by atoms with Gasteiger partial charge < -0.3 is 9.47 Å². The Kier molecular flexibility index (Phi) is 4.44. The Hall–Kier alpha value is -2.54. The van der Waals surface area contributed by atoms with E-state index in [4.69, 9.17) is 9.47 Å². The first-order chi connectivity index (χ1) is 11.5. The Balaban J connectivity index is 2.09. The lowest BCUT2D eigenvalue weighted by Crippen LogP contribution is -2.36. The molecule has 0 spiro atoms. The standard InChI is InChI=1S/C17H19N3O3S/c1-22-14-9-13-16(10-15(14)23-2)24(3,21)20-17(19-13)18-11-12-7-5-4-6-8-12/h4-10H,11H2,1-3H3,(H,18,19,20,21). The number of ether oxygens (including phenoxy) is 2. The SMILES string of the molecule is COc1cc2c(cc1OC)=S(C)(=O)NC(=NCc1ccccc1)N=2.